The fourth-order valence-corrected chi connectivity index (χ4v) is 4.00. The van der Waals surface area contributed by atoms with Gasteiger partial charge in [-0.15, -0.1) is 0 Å². The van der Waals surface area contributed by atoms with Gasteiger partial charge in [0.25, 0.3) is 0 Å². The van der Waals surface area contributed by atoms with E-state index in [2.05, 4.69) is 15.3 Å². The van der Waals surface area contributed by atoms with Crippen molar-refractivity contribution in [1.29, 1.82) is 0 Å². The van der Waals surface area contributed by atoms with Crippen LogP contribution in [0.15, 0.2) is 91.4 Å². The van der Waals surface area contributed by atoms with Crippen molar-refractivity contribution in [3.05, 3.63) is 97.0 Å². The second-order valence-electron chi connectivity index (χ2n) is 8.31. The van der Waals surface area contributed by atoms with Gasteiger partial charge >= 0.3 is 6.18 Å². The summed E-state index contributed by atoms with van der Waals surface area (Å²) in [6.45, 7) is 0. The maximum Gasteiger partial charge on any atom is 0.416 e. The number of benzene rings is 3. The normalized spacial score (nSPS) is 11.6. The molecule has 5 aromatic rings. The number of aromatic nitrogens is 3. The first kappa shape index (κ1) is 22.5. The number of hydrogen-bond acceptors (Lipinski definition) is 4. The molecular weight excluding hydrogens is 451 g/mol. The Balaban J connectivity index is 1.68. The smallest absolute Gasteiger partial charge is 0.378 e. The number of rotatable bonds is 5. The van der Waals surface area contributed by atoms with E-state index in [-0.39, 0.29) is 0 Å². The molecule has 176 valence electrons. The molecule has 0 saturated heterocycles. The van der Waals surface area contributed by atoms with E-state index in [0.29, 0.717) is 22.5 Å². The lowest BCUT2D eigenvalue weighted by molar-refractivity contribution is -0.137. The monoisotopic (exact) mass is 473 g/mol. The number of fused-ring (bicyclic) bond motifs is 1. The van der Waals surface area contributed by atoms with Crippen LogP contribution < -0.4 is 10.2 Å². The Morgan fingerprint density at radius 2 is 1.60 bits per heavy atom. The topological polar surface area (TPSA) is 46.0 Å². The zero-order chi connectivity index (χ0) is 24.6. The number of nitrogens with zero attached hydrogens (tertiary/aromatic N) is 4. The van der Waals surface area contributed by atoms with Gasteiger partial charge in [0.2, 0.25) is 0 Å². The van der Waals surface area contributed by atoms with E-state index in [9.17, 15) is 13.2 Å². The van der Waals surface area contributed by atoms with E-state index in [1.807, 2.05) is 79.8 Å². The molecule has 8 heteroatoms. The van der Waals surface area contributed by atoms with Gasteiger partial charge < -0.3 is 14.8 Å². The quantitative estimate of drug-likeness (QED) is 0.301. The van der Waals surface area contributed by atoms with Crippen molar-refractivity contribution in [2.45, 2.75) is 6.18 Å². The summed E-state index contributed by atoms with van der Waals surface area (Å²) in [6, 6.07) is 22.8. The number of halogens is 3. The van der Waals surface area contributed by atoms with Gasteiger partial charge in [-0.3, -0.25) is 0 Å². The highest BCUT2D eigenvalue weighted by Gasteiger charge is 2.30. The van der Waals surface area contributed by atoms with E-state index in [4.69, 9.17) is 0 Å². The van der Waals surface area contributed by atoms with Crippen LogP contribution in [0, 0.1) is 0 Å². The molecule has 0 radical (unpaired) electrons. The first-order valence-electron chi connectivity index (χ1n) is 10.9. The van der Waals surface area contributed by atoms with Gasteiger partial charge in [0.1, 0.15) is 12.1 Å². The lowest BCUT2D eigenvalue weighted by Gasteiger charge is -2.14. The fourth-order valence-electron chi connectivity index (χ4n) is 4.00. The van der Waals surface area contributed by atoms with Crippen molar-refractivity contribution in [3.63, 3.8) is 0 Å². The summed E-state index contributed by atoms with van der Waals surface area (Å²) < 4.78 is 41.9. The third kappa shape index (κ3) is 4.42. The SMILES string of the molecule is CN(C)c1ccc(Nc2ncnc3c2c(-c2ccccc2)cn3-c2cccc(C(F)(F)F)c2)cc1. The van der Waals surface area contributed by atoms with Gasteiger partial charge in [0.15, 0.2) is 5.65 Å². The summed E-state index contributed by atoms with van der Waals surface area (Å²) in [5, 5.41) is 4.08. The second kappa shape index (κ2) is 8.79. The summed E-state index contributed by atoms with van der Waals surface area (Å²) in [5.74, 6) is 0.567. The number of anilines is 3. The molecule has 1 N–H and O–H groups in total. The van der Waals surface area contributed by atoms with Gasteiger partial charge in [0, 0.05) is 42.9 Å². The zero-order valence-corrected chi connectivity index (χ0v) is 19.1. The van der Waals surface area contributed by atoms with Gasteiger partial charge in [-0.25, -0.2) is 9.97 Å². The molecule has 0 aliphatic carbocycles. The first-order valence-corrected chi connectivity index (χ1v) is 10.9. The van der Waals surface area contributed by atoms with E-state index in [1.54, 1.807) is 10.6 Å². The molecule has 0 bridgehead atoms. The Kier molecular flexibility index (Phi) is 5.64. The minimum Gasteiger partial charge on any atom is -0.378 e. The Morgan fingerprint density at radius 1 is 0.857 bits per heavy atom. The highest BCUT2D eigenvalue weighted by atomic mass is 19.4. The third-order valence-electron chi connectivity index (χ3n) is 5.77. The Hall–Kier alpha value is -4.33. The van der Waals surface area contributed by atoms with Crippen LogP contribution in [0.2, 0.25) is 0 Å². The molecule has 5 nitrogen and oxygen atoms in total. The van der Waals surface area contributed by atoms with E-state index < -0.39 is 11.7 Å². The lowest BCUT2D eigenvalue weighted by atomic mass is 10.1. The third-order valence-corrected chi connectivity index (χ3v) is 5.77. The largest absolute Gasteiger partial charge is 0.416 e. The summed E-state index contributed by atoms with van der Waals surface area (Å²) in [6.07, 6.45) is -1.22. The van der Waals surface area contributed by atoms with Crippen LogP contribution in [0.25, 0.3) is 27.8 Å². The minimum absolute atomic E-state index is 0.368. The Labute approximate surface area is 200 Å². The van der Waals surface area contributed by atoms with Gasteiger partial charge in [-0.1, -0.05) is 36.4 Å². The summed E-state index contributed by atoms with van der Waals surface area (Å²) in [5.41, 5.74) is 3.77. The molecule has 2 aromatic heterocycles. The Morgan fingerprint density at radius 3 is 2.29 bits per heavy atom. The number of hydrogen-bond donors (Lipinski definition) is 1. The molecule has 3 aromatic carbocycles. The first-order chi connectivity index (χ1) is 16.8. The maximum absolute atomic E-state index is 13.4. The average molecular weight is 474 g/mol. The molecule has 0 aliphatic rings. The van der Waals surface area contributed by atoms with Gasteiger partial charge in [-0.2, -0.15) is 13.2 Å². The predicted octanol–water partition coefficient (Wildman–Crippen LogP) is 6.92. The van der Waals surface area contributed by atoms with Crippen LogP contribution in [0.3, 0.4) is 0 Å². The molecule has 0 unspecified atom stereocenters. The van der Waals surface area contributed by atoms with Crippen LogP contribution in [0.5, 0.6) is 0 Å². The second-order valence-corrected chi connectivity index (χ2v) is 8.31. The molecule has 0 amide bonds. The Bertz CT molecular complexity index is 1470. The molecule has 5 rings (SSSR count). The minimum atomic E-state index is -4.44. The molecule has 2 heterocycles. The summed E-state index contributed by atoms with van der Waals surface area (Å²) in [7, 11) is 3.94. The van der Waals surface area contributed by atoms with Gasteiger partial charge in [0.05, 0.1) is 10.9 Å². The van der Waals surface area contributed by atoms with Crippen molar-refractivity contribution in [2.24, 2.45) is 0 Å². The van der Waals surface area contributed by atoms with Crippen molar-refractivity contribution in [2.75, 3.05) is 24.3 Å². The standard InChI is InChI=1S/C27H22F3N5/c1-34(2)21-13-11-20(12-14-21)33-25-24-23(18-7-4-3-5-8-18)16-35(26(24)32-17-31-25)22-10-6-9-19(15-22)27(28,29)30/h3-17H,1-2H3,(H,31,32,33). The number of nitrogens with one attached hydrogen (secondary N) is 1. The van der Waals surface area contributed by atoms with Crippen LogP contribution in [0.4, 0.5) is 30.4 Å². The van der Waals surface area contributed by atoms with Gasteiger partial charge in [-0.05, 0) is 48.0 Å². The van der Waals surface area contributed by atoms with Crippen LogP contribution in [-0.4, -0.2) is 28.6 Å². The molecule has 0 saturated carbocycles. The lowest BCUT2D eigenvalue weighted by Crippen LogP contribution is -2.08. The van der Waals surface area contributed by atoms with Crippen LogP contribution in [-0.2, 0) is 6.18 Å². The molecule has 35 heavy (non-hydrogen) atoms. The zero-order valence-electron chi connectivity index (χ0n) is 19.1. The number of alkyl halides is 3. The highest BCUT2D eigenvalue weighted by Crippen LogP contribution is 2.37. The fraction of sp³-hybridized carbons (Fsp3) is 0.111. The average Bonchev–Trinajstić information content (AvgIpc) is 3.25. The van der Waals surface area contributed by atoms with E-state index in [1.165, 1.54) is 12.4 Å². The predicted molar refractivity (Wildman–Crippen MR) is 133 cm³/mol. The maximum atomic E-state index is 13.4. The van der Waals surface area contributed by atoms with E-state index in [0.717, 1.165) is 34.6 Å². The molecule has 0 fully saturated rings. The molecule has 0 aliphatic heterocycles. The van der Waals surface area contributed by atoms with Crippen LogP contribution in [0.1, 0.15) is 5.56 Å². The highest BCUT2D eigenvalue weighted by molar-refractivity contribution is 6.03. The molecule has 0 spiro atoms. The van der Waals surface area contributed by atoms with Crippen LogP contribution >= 0.6 is 0 Å². The summed E-state index contributed by atoms with van der Waals surface area (Å²) >= 11 is 0. The summed E-state index contributed by atoms with van der Waals surface area (Å²) in [4.78, 5) is 11.0. The van der Waals surface area contributed by atoms with E-state index >= 15 is 0 Å². The van der Waals surface area contributed by atoms with Crippen molar-refractivity contribution < 1.29 is 13.2 Å². The van der Waals surface area contributed by atoms with Crippen molar-refractivity contribution in [3.8, 4) is 16.8 Å². The molecular formula is C27H22F3N5. The van der Waals surface area contributed by atoms with Crippen molar-refractivity contribution in [1.82, 2.24) is 14.5 Å². The van der Waals surface area contributed by atoms with Crippen molar-refractivity contribution >= 4 is 28.2 Å². The molecule has 0 atom stereocenters.